The van der Waals surface area contributed by atoms with E-state index in [4.69, 9.17) is 22.2 Å². The van der Waals surface area contributed by atoms with Crippen LogP contribution in [0.3, 0.4) is 0 Å². The van der Waals surface area contributed by atoms with Crippen LogP contribution in [0.4, 0.5) is 0 Å². The Morgan fingerprint density at radius 2 is 1.60 bits per heavy atom. The Morgan fingerprint density at radius 1 is 1.60 bits per heavy atom. The highest BCUT2D eigenvalue weighted by atomic mass is 127. The molecule has 5 heavy (non-hydrogen) atoms. The van der Waals surface area contributed by atoms with Crippen LogP contribution in [-0.2, 0) is 0 Å². The number of hydrogen-bond donors (Lipinski definition) is 0. The normalized spacial score (nSPS) is 12.6. The maximum absolute atomic E-state index is 5.48. The standard InChI is InChI=1S/Cl2H3ISi2/c1-5(2,3)4/h4H3. The molecule has 0 rings (SSSR count). The average molecular weight is 257 g/mol. The highest BCUT2D eigenvalue weighted by Crippen LogP contribution is 2.16. The lowest BCUT2D eigenvalue weighted by Crippen LogP contribution is -2.05. The van der Waals surface area contributed by atoms with Gasteiger partial charge in [-0.15, -0.1) is 22.2 Å². The molecule has 0 unspecified atom stereocenters. The predicted molar refractivity (Wildman–Crippen MR) is 41.4 cm³/mol. The molecule has 0 aliphatic heterocycles. The highest BCUT2D eigenvalue weighted by Gasteiger charge is 2.12. The van der Waals surface area contributed by atoms with E-state index in [-0.39, 0.29) is 0 Å². The van der Waals surface area contributed by atoms with E-state index in [0.29, 0.717) is 0 Å². The van der Waals surface area contributed by atoms with E-state index in [1.165, 1.54) is 0 Å². The molecule has 0 aliphatic carbocycles. The summed E-state index contributed by atoms with van der Waals surface area (Å²) in [4.78, 5) is 0. The van der Waals surface area contributed by atoms with E-state index in [2.05, 4.69) is 21.8 Å². The third-order valence-corrected chi connectivity index (χ3v) is 0. The Balaban J connectivity index is 3.02. The summed E-state index contributed by atoms with van der Waals surface area (Å²) in [6.45, 7) is 0. The zero-order chi connectivity index (χ0) is 4.50. The molecule has 0 aromatic heterocycles. The van der Waals surface area contributed by atoms with Gasteiger partial charge in [0.1, 0.15) is 0 Å². The van der Waals surface area contributed by atoms with E-state index >= 15 is 0 Å². The van der Waals surface area contributed by atoms with E-state index in [1.54, 1.807) is 0 Å². The molecule has 0 saturated heterocycles. The topological polar surface area (TPSA) is 0 Å². The monoisotopic (exact) mass is 256 g/mol. The van der Waals surface area contributed by atoms with Crippen molar-refractivity contribution in [2.24, 2.45) is 0 Å². The van der Waals surface area contributed by atoms with Crippen LogP contribution >= 0.6 is 44.0 Å². The zero-order valence-electron chi connectivity index (χ0n) is 2.63. The Bertz CT molecular complexity index is 23.1. The Hall–Kier alpha value is 1.74. The summed E-state index contributed by atoms with van der Waals surface area (Å²) >= 11 is 13.1. The Labute approximate surface area is 57.1 Å². The van der Waals surface area contributed by atoms with Crippen molar-refractivity contribution in [1.82, 2.24) is 0 Å². The van der Waals surface area contributed by atoms with Gasteiger partial charge in [-0.3, -0.25) is 0 Å². The number of rotatable bonds is 0. The molecule has 32 valence electrons. The molecule has 0 heterocycles. The first-order valence-corrected chi connectivity index (χ1v) is 11.7. The van der Waals surface area contributed by atoms with Crippen molar-refractivity contribution in [2.75, 3.05) is 0 Å². The first-order valence-electron chi connectivity index (χ1n) is 1.07. The molecule has 0 aromatic carbocycles. The first kappa shape index (κ1) is 6.74. The van der Waals surface area contributed by atoms with Crippen LogP contribution in [-0.4, -0.2) is 13.5 Å². The highest BCUT2D eigenvalue weighted by molar-refractivity contribution is 14.1. The van der Waals surface area contributed by atoms with Crippen LogP contribution in [0.5, 0.6) is 0 Å². The van der Waals surface area contributed by atoms with Gasteiger partial charge in [-0.05, 0) is 0 Å². The van der Waals surface area contributed by atoms with Gasteiger partial charge in [0.2, 0.25) is 0 Å². The molecular weight excluding hydrogens is 254 g/mol. The molecule has 0 fully saturated rings. The maximum Gasteiger partial charge on any atom is 0.286 e. The van der Waals surface area contributed by atoms with Crippen molar-refractivity contribution in [3.05, 3.63) is 0 Å². The Morgan fingerprint density at radius 3 is 1.60 bits per heavy atom. The summed E-state index contributed by atoms with van der Waals surface area (Å²) in [7, 11) is 0.964. The van der Waals surface area contributed by atoms with Crippen LogP contribution < -0.4 is 0 Å². The molecule has 0 amide bonds. The fourth-order valence-corrected chi connectivity index (χ4v) is 0. The van der Waals surface area contributed by atoms with Crippen LogP contribution in [0.2, 0.25) is 0 Å². The lowest BCUT2D eigenvalue weighted by molar-refractivity contribution is 4.00. The van der Waals surface area contributed by atoms with E-state index in [0.717, 1.165) is 9.76 Å². The van der Waals surface area contributed by atoms with Gasteiger partial charge < -0.3 is 0 Å². The second-order valence-corrected chi connectivity index (χ2v) is 32.2. The molecule has 0 aliphatic rings. The van der Waals surface area contributed by atoms with Gasteiger partial charge in [0.15, 0.2) is 0 Å². The summed E-state index contributed by atoms with van der Waals surface area (Å²) in [5, 5.41) is 0. The van der Waals surface area contributed by atoms with Gasteiger partial charge in [0, 0.05) is 9.76 Å². The average Bonchev–Trinajstić information content (AvgIpc) is 0.722. The van der Waals surface area contributed by atoms with Gasteiger partial charge in [0.05, 0.1) is 0 Å². The van der Waals surface area contributed by atoms with Crippen LogP contribution in [0.25, 0.3) is 0 Å². The minimum Gasteiger partial charge on any atom is -0.137 e. The molecule has 0 nitrogen and oxygen atoms in total. The van der Waals surface area contributed by atoms with E-state index < -0.39 is 3.71 Å². The zero-order valence-corrected chi connectivity index (χ0v) is 9.30. The summed E-state index contributed by atoms with van der Waals surface area (Å²) < 4.78 is -1.56. The fourth-order valence-electron chi connectivity index (χ4n) is 0. The quantitative estimate of drug-likeness (QED) is 0.340. The molecule has 0 radical (unpaired) electrons. The first-order chi connectivity index (χ1) is 2.00. The third-order valence-electron chi connectivity index (χ3n) is 0. The van der Waals surface area contributed by atoms with Gasteiger partial charge in [-0.25, -0.2) is 0 Å². The van der Waals surface area contributed by atoms with Crippen LogP contribution in [0.15, 0.2) is 0 Å². The summed E-state index contributed by atoms with van der Waals surface area (Å²) in [5.74, 6) is 0. The molecule has 5 heteroatoms. The summed E-state index contributed by atoms with van der Waals surface area (Å²) in [6.07, 6.45) is 0. The van der Waals surface area contributed by atoms with E-state index in [9.17, 15) is 0 Å². The molecule has 0 spiro atoms. The second kappa shape index (κ2) is 2.16. The van der Waals surface area contributed by atoms with Crippen molar-refractivity contribution in [2.45, 2.75) is 0 Å². The lowest BCUT2D eigenvalue weighted by Gasteiger charge is -1.90. The molecule has 0 saturated carbocycles. The minimum absolute atomic E-state index is 0.964. The van der Waals surface area contributed by atoms with Crippen molar-refractivity contribution >= 4 is 57.4 Å². The van der Waals surface area contributed by atoms with Gasteiger partial charge in [0.25, 0.3) is 3.71 Å². The molecule has 0 N–H and O–H groups in total. The Kier molecular flexibility index (Phi) is 2.91. The summed E-state index contributed by atoms with van der Waals surface area (Å²) in [5.41, 5.74) is 0. The SMILES string of the molecule is [SiH3][Si](Cl)(Cl)I. The molecular formula is H3Cl2ISi2. The van der Waals surface area contributed by atoms with Crippen LogP contribution in [0, 0.1) is 0 Å². The van der Waals surface area contributed by atoms with Gasteiger partial charge in [-0.1, -0.05) is 21.8 Å². The molecule has 0 bridgehead atoms. The smallest absolute Gasteiger partial charge is 0.137 e. The second-order valence-electron chi connectivity index (χ2n) is 0.781. The van der Waals surface area contributed by atoms with E-state index in [1.807, 2.05) is 0 Å². The fraction of sp³-hybridized carbons (Fsp3) is 0. The van der Waals surface area contributed by atoms with Crippen molar-refractivity contribution in [3.8, 4) is 0 Å². The maximum atomic E-state index is 5.48. The number of halogens is 3. The number of hydrogen-bond acceptors (Lipinski definition) is 0. The molecule has 0 atom stereocenters. The van der Waals surface area contributed by atoms with Crippen molar-refractivity contribution in [1.29, 1.82) is 0 Å². The minimum atomic E-state index is -1.56. The van der Waals surface area contributed by atoms with Gasteiger partial charge >= 0.3 is 0 Å². The molecule has 0 aromatic rings. The van der Waals surface area contributed by atoms with Crippen LogP contribution in [0.1, 0.15) is 0 Å². The van der Waals surface area contributed by atoms with Crippen molar-refractivity contribution < 1.29 is 0 Å². The van der Waals surface area contributed by atoms with Crippen molar-refractivity contribution in [3.63, 3.8) is 0 Å². The predicted octanol–water partition coefficient (Wildman–Crippen LogP) is 0.700. The third kappa shape index (κ3) is 26.5. The van der Waals surface area contributed by atoms with Gasteiger partial charge in [-0.2, -0.15) is 0 Å². The summed E-state index contributed by atoms with van der Waals surface area (Å²) in [6, 6.07) is 0. The lowest BCUT2D eigenvalue weighted by atomic mass is 27.0. The largest absolute Gasteiger partial charge is 0.286 e.